The zero-order valence-corrected chi connectivity index (χ0v) is 14.3. The lowest BCUT2D eigenvalue weighted by Gasteiger charge is -2.14. The fourth-order valence-corrected chi connectivity index (χ4v) is 2.48. The molecule has 2 aromatic rings. The van der Waals surface area contributed by atoms with Crippen LogP contribution in [0.5, 0.6) is 0 Å². The van der Waals surface area contributed by atoms with Gasteiger partial charge < -0.3 is 10.4 Å². The fourth-order valence-electron chi connectivity index (χ4n) is 2.48. The van der Waals surface area contributed by atoms with Crippen molar-refractivity contribution in [1.82, 2.24) is 15.1 Å². The van der Waals surface area contributed by atoms with Gasteiger partial charge in [0, 0.05) is 19.5 Å². The van der Waals surface area contributed by atoms with E-state index in [1.807, 2.05) is 31.2 Å². The van der Waals surface area contributed by atoms with Crippen LogP contribution in [0.25, 0.3) is 0 Å². The third-order valence-corrected chi connectivity index (χ3v) is 3.86. The lowest BCUT2D eigenvalue weighted by molar-refractivity contribution is -0.385. The molecule has 0 aliphatic carbocycles. The van der Waals surface area contributed by atoms with Crippen LogP contribution < -0.4 is 5.32 Å². The monoisotopic (exact) mass is 360 g/mol. The molecule has 1 aromatic heterocycles. The highest BCUT2D eigenvalue weighted by Crippen LogP contribution is 2.11. The highest BCUT2D eigenvalue weighted by Gasteiger charge is 2.19. The van der Waals surface area contributed by atoms with Gasteiger partial charge in [0.05, 0.1) is 10.8 Å². The first-order valence-corrected chi connectivity index (χ1v) is 8.07. The van der Waals surface area contributed by atoms with Gasteiger partial charge in [-0.3, -0.25) is 24.4 Å². The number of carbonyl (C=O) groups excluding carboxylic acids is 1. The summed E-state index contributed by atoms with van der Waals surface area (Å²) in [5, 5.41) is 26.3. The number of benzene rings is 1. The average Bonchev–Trinajstić information content (AvgIpc) is 3.06. The van der Waals surface area contributed by atoms with Crippen molar-refractivity contribution in [3.63, 3.8) is 0 Å². The predicted octanol–water partition coefficient (Wildman–Crippen LogP) is 1.55. The SMILES string of the molecule is Cc1cccc(CC(CNC(=O)CCn2cc([N+](=O)[O-])cn2)C(=O)O)c1. The van der Waals surface area contributed by atoms with Crippen LogP contribution in [0.1, 0.15) is 17.5 Å². The molecule has 0 aliphatic heterocycles. The van der Waals surface area contributed by atoms with Crippen molar-refractivity contribution in [3.8, 4) is 0 Å². The largest absolute Gasteiger partial charge is 0.481 e. The van der Waals surface area contributed by atoms with Crippen LogP contribution in [-0.4, -0.2) is 38.2 Å². The molecule has 2 rings (SSSR count). The zero-order valence-electron chi connectivity index (χ0n) is 14.3. The van der Waals surface area contributed by atoms with Gasteiger partial charge in [-0.25, -0.2) is 0 Å². The number of aromatic nitrogens is 2. The zero-order chi connectivity index (χ0) is 19.1. The van der Waals surface area contributed by atoms with E-state index in [1.54, 1.807) is 0 Å². The molecule has 0 saturated heterocycles. The second-order valence-electron chi connectivity index (χ2n) is 6.00. The van der Waals surface area contributed by atoms with Crippen molar-refractivity contribution >= 4 is 17.6 Å². The first-order valence-electron chi connectivity index (χ1n) is 8.07. The second kappa shape index (κ2) is 8.75. The lowest BCUT2D eigenvalue weighted by Crippen LogP contribution is -2.34. The molecule has 0 bridgehead atoms. The molecule has 9 heteroatoms. The van der Waals surface area contributed by atoms with Crippen LogP contribution in [0.4, 0.5) is 5.69 Å². The topological polar surface area (TPSA) is 127 Å². The molecule has 0 fully saturated rings. The molecule has 0 saturated carbocycles. The first kappa shape index (κ1) is 19.1. The molecule has 1 atom stereocenters. The normalized spacial score (nSPS) is 11.7. The number of rotatable bonds is 9. The van der Waals surface area contributed by atoms with Crippen molar-refractivity contribution in [1.29, 1.82) is 0 Å². The summed E-state index contributed by atoms with van der Waals surface area (Å²) in [5.41, 5.74) is 1.80. The molecule has 1 amide bonds. The summed E-state index contributed by atoms with van der Waals surface area (Å²) in [6, 6.07) is 7.57. The minimum Gasteiger partial charge on any atom is -0.481 e. The van der Waals surface area contributed by atoms with Crippen LogP contribution >= 0.6 is 0 Å². The highest BCUT2D eigenvalue weighted by molar-refractivity contribution is 5.77. The minimum atomic E-state index is -0.977. The van der Waals surface area contributed by atoms with Crippen LogP contribution in [0, 0.1) is 23.0 Å². The van der Waals surface area contributed by atoms with Crippen LogP contribution in [0.3, 0.4) is 0 Å². The number of aryl methyl sites for hydroxylation is 2. The minimum absolute atomic E-state index is 0.0152. The number of carbonyl (C=O) groups is 2. The van der Waals surface area contributed by atoms with E-state index >= 15 is 0 Å². The maximum absolute atomic E-state index is 11.9. The second-order valence-corrected chi connectivity index (χ2v) is 6.00. The maximum Gasteiger partial charge on any atom is 0.308 e. The van der Waals surface area contributed by atoms with Gasteiger partial charge in [0.2, 0.25) is 5.91 Å². The Labute approximate surface area is 149 Å². The number of nitrogens with zero attached hydrogens (tertiary/aromatic N) is 3. The molecular formula is C17H20N4O5. The fraction of sp³-hybridized carbons (Fsp3) is 0.353. The van der Waals surface area contributed by atoms with E-state index < -0.39 is 16.8 Å². The molecular weight excluding hydrogens is 340 g/mol. The smallest absolute Gasteiger partial charge is 0.308 e. The summed E-state index contributed by atoms with van der Waals surface area (Å²) in [5.74, 6) is -2.04. The van der Waals surface area contributed by atoms with E-state index in [1.165, 1.54) is 10.9 Å². The van der Waals surface area contributed by atoms with Gasteiger partial charge in [-0.2, -0.15) is 5.10 Å². The Hall–Kier alpha value is -3.23. The van der Waals surface area contributed by atoms with Gasteiger partial charge in [0.15, 0.2) is 0 Å². The third kappa shape index (κ3) is 5.69. The van der Waals surface area contributed by atoms with Crippen LogP contribution in [0.15, 0.2) is 36.7 Å². The van der Waals surface area contributed by atoms with Crippen molar-refractivity contribution in [3.05, 3.63) is 57.9 Å². The Morgan fingerprint density at radius 2 is 2.19 bits per heavy atom. The maximum atomic E-state index is 11.9. The molecule has 9 nitrogen and oxygen atoms in total. The van der Waals surface area contributed by atoms with E-state index in [0.717, 1.165) is 17.3 Å². The molecule has 1 heterocycles. The van der Waals surface area contributed by atoms with Gasteiger partial charge in [-0.15, -0.1) is 0 Å². The molecule has 138 valence electrons. The third-order valence-electron chi connectivity index (χ3n) is 3.86. The first-order chi connectivity index (χ1) is 12.3. The molecule has 26 heavy (non-hydrogen) atoms. The van der Waals surface area contributed by atoms with E-state index in [4.69, 9.17) is 0 Å². The number of aliphatic carboxylic acids is 1. The van der Waals surface area contributed by atoms with E-state index in [-0.39, 0.29) is 31.1 Å². The molecule has 0 aliphatic rings. The van der Waals surface area contributed by atoms with Crippen molar-refractivity contribution in [2.24, 2.45) is 5.92 Å². The number of nitrogens with one attached hydrogen (secondary N) is 1. The Morgan fingerprint density at radius 1 is 1.42 bits per heavy atom. The Kier molecular flexibility index (Phi) is 6.42. The summed E-state index contributed by atoms with van der Waals surface area (Å²) < 4.78 is 1.30. The van der Waals surface area contributed by atoms with Crippen LogP contribution in [-0.2, 0) is 22.6 Å². The number of hydrogen-bond acceptors (Lipinski definition) is 5. The Bertz CT molecular complexity index is 802. The predicted molar refractivity (Wildman–Crippen MR) is 92.5 cm³/mol. The van der Waals surface area contributed by atoms with Gasteiger partial charge in [0.1, 0.15) is 12.4 Å². The number of carboxylic acids is 1. The molecule has 1 aromatic carbocycles. The summed E-state index contributed by atoms with van der Waals surface area (Å²) >= 11 is 0. The standard InChI is InChI=1S/C17H20N4O5/c1-12-3-2-4-13(7-12)8-14(17(23)24)9-18-16(22)5-6-20-11-15(10-19-20)21(25)26/h2-4,7,10-11,14H,5-6,8-9H2,1H3,(H,18,22)(H,23,24). The summed E-state index contributed by atoms with van der Waals surface area (Å²) in [6.45, 7) is 2.12. The van der Waals surface area contributed by atoms with Crippen molar-refractivity contribution in [2.75, 3.05) is 6.54 Å². The quantitative estimate of drug-likeness (QED) is 0.516. The van der Waals surface area contributed by atoms with Gasteiger partial charge in [-0.05, 0) is 18.9 Å². The van der Waals surface area contributed by atoms with Crippen molar-refractivity contribution < 1.29 is 19.6 Å². The molecule has 1 unspecified atom stereocenters. The van der Waals surface area contributed by atoms with Crippen molar-refractivity contribution in [2.45, 2.75) is 26.3 Å². The van der Waals surface area contributed by atoms with Crippen LogP contribution in [0.2, 0.25) is 0 Å². The summed E-state index contributed by atoms with van der Waals surface area (Å²) in [4.78, 5) is 33.3. The lowest BCUT2D eigenvalue weighted by atomic mass is 9.98. The van der Waals surface area contributed by atoms with E-state index in [0.29, 0.717) is 6.42 Å². The number of hydrogen-bond donors (Lipinski definition) is 2. The summed E-state index contributed by atoms with van der Waals surface area (Å²) in [6.07, 6.45) is 2.73. The molecule has 0 spiro atoms. The Morgan fingerprint density at radius 3 is 2.81 bits per heavy atom. The highest BCUT2D eigenvalue weighted by atomic mass is 16.6. The molecule has 0 radical (unpaired) electrons. The number of nitro groups is 1. The van der Waals surface area contributed by atoms with E-state index in [2.05, 4.69) is 10.4 Å². The van der Waals surface area contributed by atoms with E-state index in [9.17, 15) is 24.8 Å². The number of carboxylic acid groups (broad SMARTS) is 1. The average molecular weight is 360 g/mol. The Balaban J connectivity index is 1.82. The van der Waals surface area contributed by atoms with Gasteiger partial charge in [0.25, 0.3) is 0 Å². The van der Waals surface area contributed by atoms with Gasteiger partial charge in [-0.1, -0.05) is 29.8 Å². The number of amides is 1. The summed E-state index contributed by atoms with van der Waals surface area (Å²) in [7, 11) is 0. The van der Waals surface area contributed by atoms with Gasteiger partial charge >= 0.3 is 11.7 Å². The molecule has 2 N–H and O–H groups in total.